The molecule has 0 radical (unpaired) electrons. The van der Waals surface area contributed by atoms with Gasteiger partial charge in [0.05, 0.1) is 24.2 Å². The number of carbonyl (C=O) groups is 2. The van der Waals surface area contributed by atoms with Crippen molar-refractivity contribution in [1.29, 1.82) is 0 Å². The summed E-state index contributed by atoms with van der Waals surface area (Å²) in [5.41, 5.74) is -2.20. The first-order valence-corrected chi connectivity index (χ1v) is 11.6. The zero-order chi connectivity index (χ0) is 23.4. The van der Waals surface area contributed by atoms with Gasteiger partial charge in [0.15, 0.2) is 6.10 Å². The molecule has 1 unspecified atom stereocenters. The second-order valence-electron chi connectivity index (χ2n) is 11.4. The van der Waals surface area contributed by atoms with Crippen LogP contribution in [-0.2, 0) is 23.8 Å². The van der Waals surface area contributed by atoms with Crippen LogP contribution in [0.1, 0.15) is 53.4 Å². The fourth-order valence-corrected chi connectivity index (χ4v) is 8.87. The first-order valence-electron chi connectivity index (χ1n) is 11.6. The smallest absolute Gasteiger partial charge is 0.303 e. The Hall–Kier alpha value is -1.48. The van der Waals surface area contributed by atoms with Crippen molar-refractivity contribution in [1.82, 2.24) is 0 Å². The highest BCUT2D eigenvalue weighted by atomic mass is 16.7. The van der Waals surface area contributed by atoms with Crippen LogP contribution in [0.2, 0.25) is 0 Å². The molecule has 2 spiro atoms. The SMILES string of the molecule is C=C1[C@@H](O)C23[C@H](O)[C@H]1C[C@H](OC(C)=O)[C@H]2[C@]12CCCC(C)(C)[C@H]1[C@H](OC(C)=O)[C@]3(O)OC2. The predicted octanol–water partition coefficient (Wildman–Crippen LogP) is 1.31. The number of carbonyl (C=O) groups excluding carboxylic acids is 2. The molecule has 0 aromatic carbocycles. The van der Waals surface area contributed by atoms with Crippen LogP contribution in [0.4, 0.5) is 0 Å². The van der Waals surface area contributed by atoms with Crippen molar-refractivity contribution in [2.24, 2.45) is 34.0 Å². The second kappa shape index (κ2) is 6.56. The molecule has 8 heteroatoms. The molecule has 6 aliphatic rings. The topological polar surface area (TPSA) is 123 Å². The van der Waals surface area contributed by atoms with Crippen LogP contribution >= 0.6 is 0 Å². The molecule has 32 heavy (non-hydrogen) atoms. The van der Waals surface area contributed by atoms with Crippen LogP contribution in [0.25, 0.3) is 0 Å². The van der Waals surface area contributed by atoms with Gasteiger partial charge < -0.3 is 29.5 Å². The average Bonchev–Trinajstić information content (AvgIpc) is 2.78. The summed E-state index contributed by atoms with van der Waals surface area (Å²) in [7, 11) is 0. The Balaban J connectivity index is 1.81. The number of aliphatic hydroxyl groups excluding tert-OH is 2. The second-order valence-corrected chi connectivity index (χ2v) is 11.4. The molecule has 0 aromatic rings. The van der Waals surface area contributed by atoms with E-state index in [-0.39, 0.29) is 17.9 Å². The van der Waals surface area contributed by atoms with Gasteiger partial charge in [0.25, 0.3) is 0 Å². The maximum Gasteiger partial charge on any atom is 0.303 e. The highest BCUT2D eigenvalue weighted by Gasteiger charge is 2.88. The van der Waals surface area contributed by atoms with E-state index in [1.54, 1.807) is 0 Å². The summed E-state index contributed by atoms with van der Waals surface area (Å²) < 4.78 is 17.8. The van der Waals surface area contributed by atoms with Crippen molar-refractivity contribution in [2.75, 3.05) is 6.61 Å². The van der Waals surface area contributed by atoms with Gasteiger partial charge in [0.2, 0.25) is 5.79 Å². The summed E-state index contributed by atoms with van der Waals surface area (Å²) in [6.45, 7) is 11.0. The molecule has 2 saturated heterocycles. The van der Waals surface area contributed by atoms with E-state index in [9.17, 15) is 24.9 Å². The molecular formula is C24H34O8. The standard InChI is InChI=1S/C24H34O8/c1-11-14-9-15(31-12(2)25)16-22-8-6-7-21(4,5)17(22)20(32-13(3)26)24(29,30-10-22)23(16,18(11)27)19(14)28/h14-20,27-29H,1,6-10H2,2-5H3/t14-,15-,16-,17+,18+,19+,20-,22+,23?,24-/m0/s1. The van der Waals surface area contributed by atoms with E-state index in [2.05, 4.69) is 20.4 Å². The quantitative estimate of drug-likeness (QED) is 0.425. The molecule has 2 aliphatic heterocycles. The van der Waals surface area contributed by atoms with E-state index in [4.69, 9.17) is 14.2 Å². The van der Waals surface area contributed by atoms with Gasteiger partial charge in [-0.1, -0.05) is 26.8 Å². The predicted molar refractivity (Wildman–Crippen MR) is 111 cm³/mol. The molecule has 4 aliphatic carbocycles. The zero-order valence-electron chi connectivity index (χ0n) is 19.2. The summed E-state index contributed by atoms with van der Waals surface area (Å²) in [4.78, 5) is 24.3. The van der Waals surface area contributed by atoms with Gasteiger partial charge in [-0.15, -0.1) is 0 Å². The Kier molecular flexibility index (Phi) is 4.57. The molecule has 10 atom stereocenters. The van der Waals surface area contributed by atoms with Crippen molar-refractivity contribution in [3.63, 3.8) is 0 Å². The lowest BCUT2D eigenvalue weighted by Gasteiger charge is -2.75. The van der Waals surface area contributed by atoms with Gasteiger partial charge in [0.1, 0.15) is 6.10 Å². The molecule has 6 fully saturated rings. The van der Waals surface area contributed by atoms with Gasteiger partial charge >= 0.3 is 11.9 Å². The van der Waals surface area contributed by atoms with Crippen LogP contribution < -0.4 is 0 Å². The fraction of sp³-hybridized carbons (Fsp3) is 0.833. The molecule has 8 nitrogen and oxygen atoms in total. The fourth-order valence-electron chi connectivity index (χ4n) is 8.87. The van der Waals surface area contributed by atoms with Crippen LogP contribution in [0.15, 0.2) is 12.2 Å². The van der Waals surface area contributed by atoms with E-state index < -0.39 is 64.8 Å². The number of esters is 2. The van der Waals surface area contributed by atoms with E-state index >= 15 is 0 Å². The minimum atomic E-state index is -2.15. The third-order valence-electron chi connectivity index (χ3n) is 9.55. The maximum absolute atomic E-state index is 12.3. The third kappa shape index (κ3) is 2.32. The number of hydrogen-bond donors (Lipinski definition) is 3. The summed E-state index contributed by atoms with van der Waals surface area (Å²) in [5, 5.41) is 35.4. The van der Waals surface area contributed by atoms with Crippen molar-refractivity contribution in [3.05, 3.63) is 12.2 Å². The first kappa shape index (κ1) is 22.3. The number of hydrogen-bond acceptors (Lipinski definition) is 8. The minimum Gasteiger partial charge on any atom is -0.462 e. The Morgan fingerprint density at radius 2 is 1.75 bits per heavy atom. The average molecular weight is 451 g/mol. The van der Waals surface area contributed by atoms with E-state index in [1.807, 2.05) is 0 Å². The van der Waals surface area contributed by atoms with Crippen molar-refractivity contribution in [2.45, 2.75) is 83.6 Å². The van der Waals surface area contributed by atoms with Crippen molar-refractivity contribution >= 4 is 11.9 Å². The molecule has 2 heterocycles. The van der Waals surface area contributed by atoms with Gasteiger partial charge in [0, 0.05) is 37.0 Å². The Labute approximate surface area is 187 Å². The summed E-state index contributed by atoms with van der Waals surface area (Å²) in [5.74, 6) is -4.61. The molecule has 6 rings (SSSR count). The molecule has 0 aromatic heterocycles. The lowest BCUT2D eigenvalue weighted by atomic mass is 9.35. The monoisotopic (exact) mass is 450 g/mol. The number of ether oxygens (including phenoxy) is 3. The molecule has 178 valence electrons. The lowest BCUT2D eigenvalue weighted by Crippen LogP contribution is -2.86. The first-order chi connectivity index (χ1) is 14.8. The minimum absolute atomic E-state index is 0.177. The maximum atomic E-state index is 12.3. The number of fused-ring (bicyclic) bond motifs is 2. The van der Waals surface area contributed by atoms with Crippen molar-refractivity contribution in [3.8, 4) is 0 Å². The van der Waals surface area contributed by atoms with Crippen LogP contribution in [-0.4, -0.2) is 64.1 Å². The largest absolute Gasteiger partial charge is 0.462 e. The molecule has 4 saturated carbocycles. The highest BCUT2D eigenvalue weighted by Crippen LogP contribution is 2.78. The van der Waals surface area contributed by atoms with Crippen LogP contribution in [0.3, 0.4) is 0 Å². The van der Waals surface area contributed by atoms with Gasteiger partial charge in [-0.3, -0.25) is 9.59 Å². The van der Waals surface area contributed by atoms with E-state index in [1.165, 1.54) is 13.8 Å². The van der Waals surface area contributed by atoms with Gasteiger partial charge in [-0.05, 0) is 30.3 Å². The van der Waals surface area contributed by atoms with E-state index in [0.717, 1.165) is 12.8 Å². The number of rotatable bonds is 2. The summed E-state index contributed by atoms with van der Waals surface area (Å²) in [6.07, 6.45) is -1.42. The van der Waals surface area contributed by atoms with E-state index in [0.29, 0.717) is 18.4 Å². The van der Waals surface area contributed by atoms with Gasteiger partial charge in [-0.2, -0.15) is 0 Å². The number of aliphatic hydroxyl groups is 3. The molecular weight excluding hydrogens is 416 g/mol. The van der Waals surface area contributed by atoms with Crippen LogP contribution in [0.5, 0.6) is 0 Å². The third-order valence-corrected chi connectivity index (χ3v) is 9.55. The van der Waals surface area contributed by atoms with Crippen LogP contribution in [0, 0.1) is 34.0 Å². The van der Waals surface area contributed by atoms with Crippen molar-refractivity contribution < 1.29 is 39.1 Å². The zero-order valence-corrected chi connectivity index (χ0v) is 19.2. The normalized spacial score (nSPS) is 52.7. The molecule has 4 bridgehead atoms. The summed E-state index contributed by atoms with van der Waals surface area (Å²) >= 11 is 0. The highest BCUT2D eigenvalue weighted by molar-refractivity contribution is 5.67. The summed E-state index contributed by atoms with van der Waals surface area (Å²) in [6, 6.07) is 0. The van der Waals surface area contributed by atoms with Gasteiger partial charge in [-0.25, -0.2) is 0 Å². The Morgan fingerprint density at radius 1 is 1.09 bits per heavy atom. The molecule has 0 amide bonds. The molecule has 3 N–H and O–H groups in total. The Bertz CT molecular complexity index is 883. The lowest BCUT2D eigenvalue weighted by molar-refractivity contribution is -0.474. The Morgan fingerprint density at radius 3 is 2.38 bits per heavy atom.